The van der Waals surface area contributed by atoms with Gasteiger partial charge < -0.3 is 14.7 Å². The third-order valence-corrected chi connectivity index (χ3v) is 2.26. The maximum absolute atomic E-state index is 12.3. The zero-order chi connectivity index (χ0) is 13.9. The molecule has 0 radical (unpaired) electrons. The van der Waals surface area contributed by atoms with Gasteiger partial charge in [0.1, 0.15) is 12.3 Å². The Labute approximate surface area is 102 Å². The van der Waals surface area contributed by atoms with Crippen molar-refractivity contribution in [3.05, 3.63) is 23.8 Å². The van der Waals surface area contributed by atoms with Crippen molar-refractivity contribution in [2.45, 2.75) is 6.18 Å². The first-order valence-electron chi connectivity index (χ1n) is 4.94. The standard InChI is InChI=1S/C11H12F3NO3/c1-15(6-11(12,13)14)9-5-7(18-2)3-4-8(9)10(16)17/h3-5H,6H2,1-2H3,(H,16,17). The number of aromatic carboxylic acids is 1. The summed E-state index contributed by atoms with van der Waals surface area (Å²) in [5.74, 6) is -0.995. The molecule has 0 bridgehead atoms. The normalized spacial score (nSPS) is 11.2. The van der Waals surface area contributed by atoms with Crippen LogP contribution in [0.4, 0.5) is 18.9 Å². The molecule has 18 heavy (non-hydrogen) atoms. The van der Waals surface area contributed by atoms with Gasteiger partial charge in [-0.3, -0.25) is 0 Å². The number of carboxylic acids is 1. The van der Waals surface area contributed by atoms with Crippen molar-refractivity contribution in [1.29, 1.82) is 0 Å². The number of alkyl halides is 3. The van der Waals surface area contributed by atoms with E-state index in [1.54, 1.807) is 0 Å². The Balaban J connectivity index is 3.14. The highest BCUT2D eigenvalue weighted by Gasteiger charge is 2.30. The van der Waals surface area contributed by atoms with Gasteiger partial charge >= 0.3 is 12.1 Å². The molecule has 7 heteroatoms. The summed E-state index contributed by atoms with van der Waals surface area (Å²) in [5, 5.41) is 8.93. The molecule has 1 aromatic carbocycles. The summed E-state index contributed by atoms with van der Waals surface area (Å²) in [4.78, 5) is 11.8. The van der Waals surface area contributed by atoms with Gasteiger partial charge in [0, 0.05) is 13.1 Å². The summed E-state index contributed by atoms with van der Waals surface area (Å²) >= 11 is 0. The summed E-state index contributed by atoms with van der Waals surface area (Å²) in [6.45, 7) is -1.24. The Kier molecular flexibility index (Phi) is 4.05. The molecule has 0 aliphatic rings. The molecule has 0 unspecified atom stereocenters. The average Bonchev–Trinajstić information content (AvgIpc) is 2.25. The lowest BCUT2D eigenvalue weighted by molar-refractivity contribution is -0.119. The molecule has 0 saturated carbocycles. The van der Waals surface area contributed by atoms with Gasteiger partial charge in [-0.15, -0.1) is 0 Å². The van der Waals surface area contributed by atoms with E-state index in [1.807, 2.05) is 0 Å². The Morgan fingerprint density at radius 2 is 2.06 bits per heavy atom. The lowest BCUT2D eigenvalue weighted by Crippen LogP contribution is -2.31. The third kappa shape index (κ3) is 3.54. The van der Waals surface area contributed by atoms with Crippen LogP contribution < -0.4 is 9.64 Å². The van der Waals surface area contributed by atoms with Crippen LogP contribution in [-0.4, -0.2) is 38.0 Å². The molecule has 0 atom stereocenters. The lowest BCUT2D eigenvalue weighted by Gasteiger charge is -2.23. The van der Waals surface area contributed by atoms with Gasteiger partial charge in [0.2, 0.25) is 0 Å². The molecule has 0 aromatic heterocycles. The van der Waals surface area contributed by atoms with E-state index in [4.69, 9.17) is 9.84 Å². The second-order valence-corrected chi connectivity index (χ2v) is 3.66. The first kappa shape index (κ1) is 14.1. The average molecular weight is 263 g/mol. The predicted octanol–water partition coefficient (Wildman–Crippen LogP) is 2.39. The third-order valence-electron chi connectivity index (χ3n) is 2.26. The molecule has 0 aliphatic carbocycles. The minimum absolute atomic E-state index is 0.0424. The van der Waals surface area contributed by atoms with Gasteiger partial charge in [-0.25, -0.2) is 4.79 Å². The lowest BCUT2D eigenvalue weighted by atomic mass is 10.1. The molecule has 0 spiro atoms. The number of methoxy groups -OCH3 is 1. The van der Waals surface area contributed by atoms with Crippen LogP contribution >= 0.6 is 0 Å². The van der Waals surface area contributed by atoms with E-state index < -0.39 is 18.7 Å². The van der Waals surface area contributed by atoms with Crippen LogP contribution in [-0.2, 0) is 0 Å². The second-order valence-electron chi connectivity index (χ2n) is 3.66. The zero-order valence-electron chi connectivity index (χ0n) is 9.78. The minimum Gasteiger partial charge on any atom is -0.497 e. The number of rotatable bonds is 4. The number of hydrogen-bond donors (Lipinski definition) is 1. The monoisotopic (exact) mass is 263 g/mol. The fraction of sp³-hybridized carbons (Fsp3) is 0.364. The highest BCUT2D eigenvalue weighted by molar-refractivity contribution is 5.94. The van der Waals surface area contributed by atoms with Gasteiger partial charge in [0.25, 0.3) is 0 Å². The first-order valence-corrected chi connectivity index (χ1v) is 4.94. The molecule has 0 amide bonds. The molecule has 0 heterocycles. The minimum atomic E-state index is -4.41. The Morgan fingerprint density at radius 1 is 1.44 bits per heavy atom. The van der Waals surface area contributed by atoms with Gasteiger partial charge in [-0.1, -0.05) is 0 Å². The van der Waals surface area contributed by atoms with Gasteiger partial charge in [0.15, 0.2) is 0 Å². The molecule has 1 N–H and O–H groups in total. The van der Waals surface area contributed by atoms with E-state index in [-0.39, 0.29) is 11.3 Å². The fourth-order valence-electron chi connectivity index (χ4n) is 1.49. The predicted molar refractivity (Wildman–Crippen MR) is 59.3 cm³/mol. The molecule has 0 aliphatic heterocycles. The van der Waals surface area contributed by atoms with Crippen molar-refractivity contribution in [3.8, 4) is 5.75 Å². The van der Waals surface area contributed by atoms with Crippen LogP contribution in [0.2, 0.25) is 0 Å². The summed E-state index contributed by atoms with van der Waals surface area (Å²) < 4.78 is 41.7. The van der Waals surface area contributed by atoms with Crippen molar-refractivity contribution in [2.24, 2.45) is 0 Å². The number of ether oxygens (including phenoxy) is 1. The molecule has 1 rings (SSSR count). The summed E-state index contributed by atoms with van der Waals surface area (Å²) in [6.07, 6.45) is -4.41. The van der Waals surface area contributed by atoms with Crippen molar-refractivity contribution in [1.82, 2.24) is 0 Å². The Hall–Kier alpha value is -1.92. The molecular formula is C11H12F3NO3. The molecule has 1 aromatic rings. The van der Waals surface area contributed by atoms with Crippen molar-refractivity contribution < 1.29 is 27.8 Å². The number of hydrogen-bond acceptors (Lipinski definition) is 3. The van der Waals surface area contributed by atoms with E-state index in [9.17, 15) is 18.0 Å². The van der Waals surface area contributed by atoms with Gasteiger partial charge in [-0.05, 0) is 12.1 Å². The summed E-state index contributed by atoms with van der Waals surface area (Å²) in [6, 6.07) is 3.85. The van der Waals surface area contributed by atoms with Crippen LogP contribution in [0.5, 0.6) is 5.75 Å². The van der Waals surface area contributed by atoms with Crippen LogP contribution in [0.15, 0.2) is 18.2 Å². The largest absolute Gasteiger partial charge is 0.497 e. The first-order chi connectivity index (χ1) is 8.24. The number of carboxylic acid groups (broad SMARTS) is 1. The highest BCUT2D eigenvalue weighted by atomic mass is 19.4. The van der Waals surface area contributed by atoms with Gasteiger partial charge in [-0.2, -0.15) is 13.2 Å². The van der Waals surface area contributed by atoms with E-state index in [2.05, 4.69) is 0 Å². The van der Waals surface area contributed by atoms with Crippen LogP contribution in [0.1, 0.15) is 10.4 Å². The van der Waals surface area contributed by atoms with Crippen molar-refractivity contribution in [2.75, 3.05) is 25.6 Å². The Morgan fingerprint density at radius 3 is 2.50 bits per heavy atom. The molecule has 0 saturated heterocycles. The number of nitrogens with zero attached hydrogens (tertiary/aromatic N) is 1. The molecule has 100 valence electrons. The number of halogens is 3. The number of carbonyl (C=O) groups is 1. The SMILES string of the molecule is COc1ccc(C(=O)O)c(N(C)CC(F)(F)F)c1. The smallest absolute Gasteiger partial charge is 0.405 e. The van der Waals surface area contributed by atoms with Crippen molar-refractivity contribution in [3.63, 3.8) is 0 Å². The number of benzene rings is 1. The maximum atomic E-state index is 12.3. The maximum Gasteiger partial charge on any atom is 0.405 e. The highest BCUT2D eigenvalue weighted by Crippen LogP contribution is 2.28. The molecule has 0 fully saturated rings. The van der Waals surface area contributed by atoms with E-state index in [0.717, 1.165) is 4.90 Å². The zero-order valence-corrected chi connectivity index (χ0v) is 9.78. The second kappa shape index (κ2) is 5.16. The van der Waals surface area contributed by atoms with E-state index in [1.165, 1.54) is 32.4 Å². The summed E-state index contributed by atoms with van der Waals surface area (Å²) in [5.41, 5.74) is -0.248. The van der Waals surface area contributed by atoms with Crippen LogP contribution in [0.3, 0.4) is 0 Å². The van der Waals surface area contributed by atoms with Crippen LogP contribution in [0.25, 0.3) is 0 Å². The van der Waals surface area contributed by atoms with Crippen LogP contribution in [0, 0.1) is 0 Å². The topological polar surface area (TPSA) is 49.8 Å². The number of anilines is 1. The van der Waals surface area contributed by atoms with E-state index in [0.29, 0.717) is 5.75 Å². The fourth-order valence-corrected chi connectivity index (χ4v) is 1.49. The molecule has 4 nitrogen and oxygen atoms in total. The van der Waals surface area contributed by atoms with Crippen molar-refractivity contribution >= 4 is 11.7 Å². The Bertz CT molecular complexity index is 446. The quantitative estimate of drug-likeness (QED) is 0.906. The summed E-state index contributed by atoms with van der Waals surface area (Å²) in [7, 11) is 2.53. The molecular weight excluding hydrogens is 251 g/mol. The van der Waals surface area contributed by atoms with Gasteiger partial charge in [0.05, 0.1) is 18.4 Å². The van der Waals surface area contributed by atoms with E-state index >= 15 is 0 Å².